The molecule has 0 bridgehead atoms. The van der Waals surface area contributed by atoms with E-state index < -0.39 is 24.3 Å². The number of esters is 1. The molecule has 142 valence electrons. The van der Waals surface area contributed by atoms with E-state index in [0.717, 1.165) is 0 Å². The number of rotatable bonds is 8. The molecule has 0 aliphatic heterocycles. The van der Waals surface area contributed by atoms with Crippen LogP contribution in [-0.4, -0.2) is 32.7 Å². The Morgan fingerprint density at radius 1 is 1.11 bits per heavy atom. The smallest absolute Gasteiger partial charge is 0.331 e. The molecule has 0 atom stereocenters. The number of benzene rings is 2. The zero-order valence-electron chi connectivity index (χ0n) is 15.0. The van der Waals surface area contributed by atoms with E-state index in [1.54, 1.807) is 43.5 Å². The van der Waals surface area contributed by atoms with Crippen molar-refractivity contribution >= 4 is 18.0 Å². The summed E-state index contributed by atoms with van der Waals surface area (Å²) in [6, 6.07) is 11.2. The van der Waals surface area contributed by atoms with Crippen molar-refractivity contribution in [3.63, 3.8) is 0 Å². The first kappa shape index (κ1) is 20.0. The van der Waals surface area contributed by atoms with Crippen LogP contribution in [0.2, 0.25) is 0 Å². The standard InChI is InChI=1S/C20H20FNO5/c1-25-16-9-7-14(18(11-16)26-2)8-10-20(24)27-13-19(23)22-12-15-5-3-4-6-17(15)21/h3-11H,12-13H2,1-2H3,(H,22,23)/b10-8+. The highest BCUT2D eigenvalue weighted by atomic mass is 19.1. The predicted octanol–water partition coefficient (Wildman–Crippen LogP) is 2.72. The van der Waals surface area contributed by atoms with E-state index in [4.69, 9.17) is 14.2 Å². The Kier molecular flexibility index (Phi) is 7.37. The fourth-order valence-electron chi connectivity index (χ4n) is 2.19. The number of methoxy groups -OCH3 is 2. The quantitative estimate of drug-likeness (QED) is 0.569. The van der Waals surface area contributed by atoms with Gasteiger partial charge in [-0.15, -0.1) is 0 Å². The minimum atomic E-state index is -0.686. The van der Waals surface area contributed by atoms with Crippen LogP contribution >= 0.6 is 0 Å². The van der Waals surface area contributed by atoms with Crippen LogP contribution in [0.4, 0.5) is 4.39 Å². The largest absolute Gasteiger partial charge is 0.497 e. The number of carbonyl (C=O) groups is 2. The van der Waals surface area contributed by atoms with Crippen LogP contribution in [0.3, 0.4) is 0 Å². The number of hydrogen-bond donors (Lipinski definition) is 1. The summed E-state index contributed by atoms with van der Waals surface area (Å²) < 4.78 is 28.7. The molecule has 27 heavy (non-hydrogen) atoms. The van der Waals surface area contributed by atoms with Crippen LogP contribution in [0, 0.1) is 5.82 Å². The van der Waals surface area contributed by atoms with Crippen molar-refractivity contribution in [3.8, 4) is 11.5 Å². The van der Waals surface area contributed by atoms with Crippen molar-refractivity contribution in [2.45, 2.75) is 6.54 Å². The van der Waals surface area contributed by atoms with Crippen molar-refractivity contribution in [3.05, 3.63) is 65.5 Å². The van der Waals surface area contributed by atoms with Gasteiger partial charge in [0.2, 0.25) is 0 Å². The molecule has 6 nitrogen and oxygen atoms in total. The van der Waals surface area contributed by atoms with Crippen molar-refractivity contribution in [2.24, 2.45) is 0 Å². The van der Waals surface area contributed by atoms with Crippen LogP contribution in [-0.2, 0) is 20.9 Å². The maximum Gasteiger partial charge on any atom is 0.331 e. The van der Waals surface area contributed by atoms with Crippen molar-refractivity contribution in [1.82, 2.24) is 5.32 Å². The topological polar surface area (TPSA) is 73.9 Å². The summed E-state index contributed by atoms with van der Waals surface area (Å²) in [5.41, 5.74) is 1.00. The van der Waals surface area contributed by atoms with E-state index in [1.165, 1.54) is 25.3 Å². The lowest BCUT2D eigenvalue weighted by Gasteiger charge is -2.07. The summed E-state index contributed by atoms with van der Waals surface area (Å²) in [5, 5.41) is 2.49. The first-order valence-electron chi connectivity index (χ1n) is 8.10. The van der Waals surface area contributed by atoms with Gasteiger partial charge in [0.1, 0.15) is 17.3 Å². The second-order valence-electron chi connectivity index (χ2n) is 5.42. The Balaban J connectivity index is 1.82. The maximum absolute atomic E-state index is 13.5. The zero-order chi connectivity index (χ0) is 19.6. The Morgan fingerprint density at radius 3 is 2.59 bits per heavy atom. The summed E-state index contributed by atoms with van der Waals surface area (Å²) in [6.07, 6.45) is 2.70. The summed E-state index contributed by atoms with van der Waals surface area (Å²) in [7, 11) is 3.04. The average molecular weight is 373 g/mol. The maximum atomic E-state index is 13.5. The van der Waals surface area contributed by atoms with E-state index in [2.05, 4.69) is 5.32 Å². The first-order chi connectivity index (χ1) is 13.0. The number of carbonyl (C=O) groups excluding carboxylic acids is 2. The first-order valence-corrected chi connectivity index (χ1v) is 8.10. The van der Waals surface area contributed by atoms with Gasteiger partial charge in [-0.1, -0.05) is 18.2 Å². The third kappa shape index (κ3) is 6.14. The molecule has 0 spiro atoms. The highest BCUT2D eigenvalue weighted by molar-refractivity contribution is 5.89. The molecule has 1 N–H and O–H groups in total. The fourth-order valence-corrected chi connectivity index (χ4v) is 2.19. The minimum absolute atomic E-state index is 0.0158. The van der Waals surface area contributed by atoms with Gasteiger partial charge in [0, 0.05) is 29.8 Å². The van der Waals surface area contributed by atoms with Crippen LogP contribution in [0.5, 0.6) is 11.5 Å². The molecule has 0 heterocycles. The van der Waals surface area contributed by atoms with Gasteiger partial charge in [0.15, 0.2) is 6.61 Å². The van der Waals surface area contributed by atoms with E-state index >= 15 is 0 Å². The van der Waals surface area contributed by atoms with Crippen molar-refractivity contribution in [1.29, 1.82) is 0 Å². The molecule has 0 radical (unpaired) electrons. The van der Waals surface area contributed by atoms with Crippen LogP contribution < -0.4 is 14.8 Å². The fraction of sp³-hybridized carbons (Fsp3) is 0.200. The van der Waals surface area contributed by atoms with Crippen molar-refractivity contribution in [2.75, 3.05) is 20.8 Å². The third-order valence-corrected chi connectivity index (χ3v) is 3.62. The monoisotopic (exact) mass is 373 g/mol. The highest BCUT2D eigenvalue weighted by Gasteiger charge is 2.08. The molecule has 0 aromatic heterocycles. The van der Waals surface area contributed by atoms with Gasteiger partial charge in [-0.2, -0.15) is 0 Å². The number of hydrogen-bond acceptors (Lipinski definition) is 5. The predicted molar refractivity (Wildman–Crippen MR) is 97.8 cm³/mol. The number of halogens is 1. The number of nitrogens with one attached hydrogen (secondary N) is 1. The van der Waals surface area contributed by atoms with Gasteiger partial charge >= 0.3 is 5.97 Å². The summed E-state index contributed by atoms with van der Waals surface area (Å²) in [4.78, 5) is 23.5. The molecular formula is C20H20FNO5. The van der Waals surface area contributed by atoms with E-state index in [1.807, 2.05) is 0 Å². The molecule has 0 saturated heterocycles. The summed E-state index contributed by atoms with van der Waals surface area (Å²) in [5.74, 6) is -0.471. The molecule has 0 aliphatic carbocycles. The Hall–Kier alpha value is -3.35. The molecule has 0 unspecified atom stereocenters. The van der Waals surface area contributed by atoms with Gasteiger partial charge in [-0.05, 0) is 24.3 Å². The van der Waals surface area contributed by atoms with Gasteiger partial charge in [0.25, 0.3) is 5.91 Å². The Labute approximate surface area is 156 Å². The third-order valence-electron chi connectivity index (χ3n) is 3.62. The van der Waals surface area contributed by atoms with E-state index in [9.17, 15) is 14.0 Å². The van der Waals surface area contributed by atoms with Gasteiger partial charge in [-0.3, -0.25) is 4.79 Å². The van der Waals surface area contributed by atoms with Gasteiger partial charge in [-0.25, -0.2) is 9.18 Å². The number of ether oxygens (including phenoxy) is 3. The van der Waals surface area contributed by atoms with Gasteiger partial charge in [0.05, 0.1) is 14.2 Å². The Bertz CT molecular complexity index is 835. The second kappa shape index (κ2) is 9.96. The lowest BCUT2D eigenvalue weighted by molar-refractivity contribution is -0.143. The SMILES string of the molecule is COc1ccc(/C=C/C(=O)OCC(=O)NCc2ccccc2F)c(OC)c1. The lowest BCUT2D eigenvalue weighted by Crippen LogP contribution is -2.28. The molecule has 1 amide bonds. The van der Waals surface area contributed by atoms with Crippen molar-refractivity contribution < 1.29 is 28.2 Å². The van der Waals surface area contributed by atoms with Crippen LogP contribution in [0.15, 0.2) is 48.5 Å². The molecule has 7 heteroatoms. The molecular weight excluding hydrogens is 353 g/mol. The molecule has 0 saturated carbocycles. The normalized spacial score (nSPS) is 10.5. The zero-order valence-corrected chi connectivity index (χ0v) is 15.0. The average Bonchev–Trinajstić information content (AvgIpc) is 2.69. The Morgan fingerprint density at radius 2 is 1.89 bits per heavy atom. The van der Waals surface area contributed by atoms with Crippen LogP contribution in [0.1, 0.15) is 11.1 Å². The highest BCUT2D eigenvalue weighted by Crippen LogP contribution is 2.25. The van der Waals surface area contributed by atoms with E-state index in [0.29, 0.717) is 22.6 Å². The van der Waals surface area contributed by atoms with Crippen LogP contribution in [0.25, 0.3) is 6.08 Å². The summed E-state index contributed by atoms with van der Waals surface area (Å²) >= 11 is 0. The molecule has 2 rings (SSSR count). The molecule has 2 aromatic carbocycles. The van der Waals surface area contributed by atoms with E-state index in [-0.39, 0.29) is 6.54 Å². The molecule has 2 aromatic rings. The molecule has 0 aliphatic rings. The summed E-state index contributed by atoms with van der Waals surface area (Å²) in [6.45, 7) is -0.445. The molecule has 0 fully saturated rings. The number of amides is 1. The minimum Gasteiger partial charge on any atom is -0.497 e. The second-order valence-corrected chi connectivity index (χ2v) is 5.42. The lowest BCUT2D eigenvalue weighted by atomic mass is 10.2. The van der Waals surface area contributed by atoms with Gasteiger partial charge < -0.3 is 19.5 Å².